The Kier molecular flexibility index (Phi) is 3.07. The van der Waals surface area contributed by atoms with Crippen LogP contribution in [0.15, 0.2) is 6.33 Å². The second kappa shape index (κ2) is 4.28. The minimum atomic E-state index is -1.67. The van der Waals surface area contributed by atoms with E-state index in [0.717, 1.165) is 11.0 Å². The molecule has 1 aromatic heterocycles. The molecule has 0 spiro atoms. The van der Waals surface area contributed by atoms with Gasteiger partial charge in [0.1, 0.15) is 24.1 Å². The van der Waals surface area contributed by atoms with Gasteiger partial charge in [-0.25, -0.2) is 9.67 Å². The van der Waals surface area contributed by atoms with Crippen LogP contribution in [0.3, 0.4) is 0 Å². The molecule has 0 radical (unpaired) electrons. The number of hydrogen-bond acceptors (Lipinski definition) is 7. The van der Waals surface area contributed by atoms with E-state index >= 15 is 0 Å². The number of primary amides is 1. The van der Waals surface area contributed by atoms with Gasteiger partial charge in [-0.15, -0.1) is 5.10 Å². The van der Waals surface area contributed by atoms with Crippen LogP contribution in [-0.4, -0.2) is 60.4 Å². The third-order valence-electron chi connectivity index (χ3n) is 2.90. The summed E-state index contributed by atoms with van der Waals surface area (Å²) in [4.78, 5) is 14.5. The van der Waals surface area contributed by atoms with Crippen LogP contribution in [0.2, 0.25) is 0 Å². The third-order valence-corrected chi connectivity index (χ3v) is 2.90. The van der Waals surface area contributed by atoms with Crippen molar-refractivity contribution in [3.8, 4) is 0 Å². The molecule has 9 nitrogen and oxygen atoms in total. The van der Waals surface area contributed by atoms with E-state index in [2.05, 4.69) is 10.1 Å². The third kappa shape index (κ3) is 1.86. The van der Waals surface area contributed by atoms with Crippen molar-refractivity contribution in [1.29, 1.82) is 0 Å². The SMILES string of the molecule is CC1(O)C(O)C(CO)OC1n1cnc(C(N)=O)n1. The summed E-state index contributed by atoms with van der Waals surface area (Å²) < 4.78 is 6.36. The molecule has 1 aliphatic heterocycles. The molecule has 2 rings (SSSR count). The molecule has 0 saturated carbocycles. The highest BCUT2D eigenvalue weighted by molar-refractivity contribution is 5.88. The van der Waals surface area contributed by atoms with Crippen molar-refractivity contribution in [3.05, 3.63) is 12.2 Å². The van der Waals surface area contributed by atoms with Crippen molar-refractivity contribution in [2.24, 2.45) is 5.73 Å². The predicted molar refractivity (Wildman–Crippen MR) is 56.2 cm³/mol. The molecule has 1 aromatic rings. The van der Waals surface area contributed by atoms with E-state index in [9.17, 15) is 15.0 Å². The molecule has 1 aliphatic rings. The summed E-state index contributed by atoms with van der Waals surface area (Å²) in [6, 6.07) is 0. The lowest BCUT2D eigenvalue weighted by molar-refractivity contribution is -0.102. The molecule has 0 aromatic carbocycles. The molecule has 0 bridgehead atoms. The first kappa shape index (κ1) is 12.9. The van der Waals surface area contributed by atoms with E-state index in [-0.39, 0.29) is 5.82 Å². The van der Waals surface area contributed by atoms with Gasteiger partial charge in [0.15, 0.2) is 6.23 Å². The standard InChI is InChI=1S/C9H14N4O5/c1-9(17)5(15)4(2-14)18-8(9)13-3-11-7(12-13)6(10)16/h3-5,8,14-15,17H,2H2,1H3,(H2,10,16). The number of aliphatic hydroxyl groups is 3. The Morgan fingerprint density at radius 2 is 2.39 bits per heavy atom. The van der Waals surface area contributed by atoms with Crippen LogP contribution in [0.25, 0.3) is 0 Å². The molecular weight excluding hydrogens is 244 g/mol. The van der Waals surface area contributed by atoms with Gasteiger partial charge < -0.3 is 25.8 Å². The zero-order valence-electron chi connectivity index (χ0n) is 9.59. The Hall–Kier alpha value is -1.55. The molecular formula is C9H14N4O5. The second-order valence-corrected chi connectivity index (χ2v) is 4.29. The lowest BCUT2D eigenvalue weighted by atomic mass is 9.97. The molecule has 100 valence electrons. The fourth-order valence-corrected chi connectivity index (χ4v) is 1.87. The Balaban J connectivity index is 2.29. The molecule has 1 fully saturated rings. The lowest BCUT2D eigenvalue weighted by Gasteiger charge is -2.25. The van der Waals surface area contributed by atoms with Crippen LogP contribution in [0, 0.1) is 0 Å². The second-order valence-electron chi connectivity index (χ2n) is 4.29. The number of aromatic nitrogens is 3. The molecule has 2 heterocycles. The zero-order valence-corrected chi connectivity index (χ0v) is 9.59. The molecule has 4 unspecified atom stereocenters. The average Bonchev–Trinajstić information content (AvgIpc) is 2.85. The Bertz CT molecular complexity index is 460. The predicted octanol–water partition coefficient (Wildman–Crippen LogP) is -2.62. The van der Waals surface area contributed by atoms with Crippen LogP contribution in [0.5, 0.6) is 0 Å². The first-order chi connectivity index (χ1) is 8.37. The smallest absolute Gasteiger partial charge is 0.288 e. The Morgan fingerprint density at radius 3 is 2.83 bits per heavy atom. The van der Waals surface area contributed by atoms with E-state index in [1.165, 1.54) is 6.92 Å². The number of carbonyl (C=O) groups is 1. The number of aliphatic hydroxyl groups excluding tert-OH is 2. The fraction of sp³-hybridized carbons (Fsp3) is 0.667. The normalized spacial score (nSPS) is 35.9. The number of hydrogen-bond donors (Lipinski definition) is 4. The van der Waals surface area contributed by atoms with E-state index in [4.69, 9.17) is 15.6 Å². The number of ether oxygens (including phenoxy) is 1. The van der Waals surface area contributed by atoms with Crippen LogP contribution in [-0.2, 0) is 4.74 Å². The molecule has 0 aliphatic carbocycles. The first-order valence-electron chi connectivity index (χ1n) is 5.25. The summed E-state index contributed by atoms with van der Waals surface area (Å²) in [6.07, 6.45) is -2.13. The highest BCUT2D eigenvalue weighted by Gasteiger charge is 2.53. The molecule has 5 N–H and O–H groups in total. The zero-order chi connectivity index (χ0) is 13.5. The summed E-state index contributed by atoms with van der Waals surface area (Å²) in [5.41, 5.74) is 3.33. The highest BCUT2D eigenvalue weighted by Crippen LogP contribution is 2.37. The summed E-state index contributed by atoms with van der Waals surface area (Å²) >= 11 is 0. The van der Waals surface area contributed by atoms with Crippen molar-refractivity contribution in [2.45, 2.75) is 31.0 Å². The van der Waals surface area contributed by atoms with Gasteiger partial charge in [0.2, 0.25) is 5.82 Å². The van der Waals surface area contributed by atoms with Crippen molar-refractivity contribution < 1.29 is 24.9 Å². The van der Waals surface area contributed by atoms with Crippen molar-refractivity contribution in [3.63, 3.8) is 0 Å². The van der Waals surface area contributed by atoms with Gasteiger partial charge >= 0.3 is 0 Å². The van der Waals surface area contributed by atoms with Gasteiger partial charge in [-0.05, 0) is 6.92 Å². The molecule has 1 saturated heterocycles. The summed E-state index contributed by atoms with van der Waals surface area (Å²) in [5, 5.41) is 32.7. The van der Waals surface area contributed by atoms with Crippen molar-refractivity contribution >= 4 is 5.91 Å². The summed E-state index contributed by atoms with van der Waals surface area (Å²) in [5.74, 6) is -1.04. The van der Waals surface area contributed by atoms with Crippen LogP contribution < -0.4 is 5.73 Å². The maximum atomic E-state index is 10.9. The van der Waals surface area contributed by atoms with E-state index < -0.39 is 36.6 Å². The Labute approximate surface area is 102 Å². The quantitative estimate of drug-likeness (QED) is 0.464. The maximum Gasteiger partial charge on any atom is 0.288 e. The molecule has 1 amide bonds. The van der Waals surface area contributed by atoms with Crippen LogP contribution in [0.4, 0.5) is 0 Å². The minimum absolute atomic E-state index is 0.226. The fourth-order valence-electron chi connectivity index (χ4n) is 1.87. The van der Waals surface area contributed by atoms with E-state index in [1.54, 1.807) is 0 Å². The number of rotatable bonds is 3. The first-order valence-corrected chi connectivity index (χ1v) is 5.25. The van der Waals surface area contributed by atoms with Crippen LogP contribution in [0.1, 0.15) is 23.8 Å². The van der Waals surface area contributed by atoms with Gasteiger partial charge in [0.25, 0.3) is 5.91 Å². The van der Waals surface area contributed by atoms with E-state index in [0.29, 0.717) is 0 Å². The minimum Gasteiger partial charge on any atom is -0.394 e. The van der Waals surface area contributed by atoms with Crippen molar-refractivity contribution in [1.82, 2.24) is 14.8 Å². The van der Waals surface area contributed by atoms with Crippen LogP contribution >= 0.6 is 0 Å². The van der Waals surface area contributed by atoms with E-state index in [1.807, 2.05) is 0 Å². The van der Waals surface area contributed by atoms with Gasteiger partial charge in [-0.2, -0.15) is 0 Å². The largest absolute Gasteiger partial charge is 0.394 e. The lowest BCUT2D eigenvalue weighted by Crippen LogP contribution is -2.44. The highest BCUT2D eigenvalue weighted by atomic mass is 16.6. The number of carbonyl (C=O) groups excluding carboxylic acids is 1. The average molecular weight is 258 g/mol. The molecule has 4 atom stereocenters. The number of amides is 1. The number of nitrogens with zero attached hydrogens (tertiary/aromatic N) is 3. The summed E-state index contributed by atoms with van der Waals surface area (Å²) in [7, 11) is 0. The van der Waals surface area contributed by atoms with Gasteiger partial charge in [0, 0.05) is 0 Å². The summed E-state index contributed by atoms with van der Waals surface area (Å²) in [6.45, 7) is 0.884. The topological polar surface area (TPSA) is 144 Å². The monoisotopic (exact) mass is 258 g/mol. The van der Waals surface area contributed by atoms with Gasteiger partial charge in [0.05, 0.1) is 6.61 Å². The molecule has 9 heteroatoms. The maximum absolute atomic E-state index is 10.9. The Morgan fingerprint density at radius 1 is 1.72 bits per heavy atom. The number of nitrogens with two attached hydrogens (primary N) is 1. The van der Waals surface area contributed by atoms with Gasteiger partial charge in [-0.3, -0.25) is 4.79 Å². The van der Waals surface area contributed by atoms with Gasteiger partial charge in [-0.1, -0.05) is 0 Å². The van der Waals surface area contributed by atoms with Crippen molar-refractivity contribution in [2.75, 3.05) is 6.61 Å². The molecule has 18 heavy (non-hydrogen) atoms.